The zero-order valence-electron chi connectivity index (χ0n) is 8.81. The van der Waals surface area contributed by atoms with Crippen molar-refractivity contribution in [2.24, 2.45) is 5.10 Å². The fourth-order valence-electron chi connectivity index (χ4n) is 0.976. The molecule has 0 bridgehead atoms. The number of carbonyl (C=O) groups excluding carboxylic acids is 1. The van der Waals surface area contributed by atoms with Crippen molar-refractivity contribution in [3.8, 4) is 5.75 Å². The Kier molecular flexibility index (Phi) is 4.34. The molecular weight excluding hydrogens is 192 g/mol. The van der Waals surface area contributed by atoms with Gasteiger partial charge in [-0.25, -0.2) is 5.43 Å². The lowest BCUT2D eigenvalue weighted by Gasteiger charge is -2.12. The molecule has 0 heterocycles. The van der Waals surface area contributed by atoms with Crippen LogP contribution in [-0.4, -0.2) is 18.2 Å². The third-order valence-electron chi connectivity index (χ3n) is 1.73. The molecular formula is C11H14N2O2. The lowest BCUT2D eigenvalue weighted by atomic mass is 10.3. The molecule has 0 fully saturated rings. The van der Waals surface area contributed by atoms with Crippen LogP contribution in [0.15, 0.2) is 35.4 Å². The van der Waals surface area contributed by atoms with E-state index in [-0.39, 0.29) is 5.91 Å². The van der Waals surface area contributed by atoms with Crippen LogP contribution >= 0.6 is 0 Å². The average Bonchev–Trinajstić information content (AvgIpc) is 2.27. The third-order valence-corrected chi connectivity index (χ3v) is 1.73. The highest BCUT2D eigenvalue weighted by atomic mass is 16.5. The molecule has 80 valence electrons. The largest absolute Gasteiger partial charge is 0.481 e. The smallest absolute Gasteiger partial charge is 0.280 e. The van der Waals surface area contributed by atoms with Gasteiger partial charge in [0.1, 0.15) is 5.75 Å². The maximum atomic E-state index is 11.4. The topological polar surface area (TPSA) is 50.7 Å². The zero-order chi connectivity index (χ0) is 11.1. The van der Waals surface area contributed by atoms with Gasteiger partial charge in [0.15, 0.2) is 6.10 Å². The van der Waals surface area contributed by atoms with E-state index in [9.17, 15) is 4.79 Å². The van der Waals surface area contributed by atoms with Crippen molar-refractivity contribution in [3.05, 3.63) is 30.3 Å². The minimum Gasteiger partial charge on any atom is -0.481 e. The van der Waals surface area contributed by atoms with Gasteiger partial charge in [-0.15, -0.1) is 0 Å². The molecule has 0 aromatic heterocycles. The molecule has 4 nitrogen and oxygen atoms in total. The summed E-state index contributed by atoms with van der Waals surface area (Å²) in [6.07, 6.45) is 0.948. The predicted molar refractivity (Wildman–Crippen MR) is 58.8 cm³/mol. The quantitative estimate of drug-likeness (QED) is 0.600. The van der Waals surface area contributed by atoms with Gasteiger partial charge in [-0.2, -0.15) is 5.10 Å². The molecule has 1 rings (SSSR count). The van der Waals surface area contributed by atoms with Crippen molar-refractivity contribution in [3.63, 3.8) is 0 Å². The fraction of sp³-hybridized carbons (Fsp3) is 0.273. The number of hydrazone groups is 1. The van der Waals surface area contributed by atoms with Gasteiger partial charge in [-0.05, 0) is 26.0 Å². The Morgan fingerprint density at radius 2 is 2.13 bits per heavy atom. The molecule has 1 N–H and O–H groups in total. The van der Waals surface area contributed by atoms with E-state index in [0.29, 0.717) is 5.75 Å². The summed E-state index contributed by atoms with van der Waals surface area (Å²) in [5.74, 6) is 0.401. The average molecular weight is 206 g/mol. The summed E-state index contributed by atoms with van der Waals surface area (Å²) in [5.41, 5.74) is 2.36. The number of rotatable bonds is 4. The molecule has 0 aliphatic carbocycles. The zero-order valence-corrected chi connectivity index (χ0v) is 8.81. The lowest BCUT2D eigenvalue weighted by molar-refractivity contribution is -0.127. The minimum atomic E-state index is -0.559. The molecule has 0 saturated carbocycles. The first-order valence-corrected chi connectivity index (χ1v) is 4.73. The maximum Gasteiger partial charge on any atom is 0.280 e. The second-order valence-electron chi connectivity index (χ2n) is 2.94. The van der Waals surface area contributed by atoms with Gasteiger partial charge >= 0.3 is 0 Å². The van der Waals surface area contributed by atoms with Crippen LogP contribution in [0, 0.1) is 0 Å². The number of nitrogens with one attached hydrogen (secondary N) is 1. The first-order chi connectivity index (χ1) is 7.24. The van der Waals surface area contributed by atoms with Gasteiger partial charge in [0.25, 0.3) is 5.91 Å². The molecule has 0 saturated heterocycles. The molecule has 4 heteroatoms. The normalized spacial score (nSPS) is 12.4. The van der Waals surface area contributed by atoms with Gasteiger partial charge in [0, 0.05) is 6.21 Å². The molecule has 1 amide bonds. The molecule has 1 aromatic carbocycles. The summed E-state index contributed by atoms with van der Waals surface area (Å²) >= 11 is 0. The number of nitrogens with zero attached hydrogens (tertiary/aromatic N) is 1. The third kappa shape index (κ3) is 3.81. The lowest BCUT2D eigenvalue weighted by Crippen LogP contribution is -2.33. The van der Waals surface area contributed by atoms with Gasteiger partial charge in [0.05, 0.1) is 0 Å². The summed E-state index contributed by atoms with van der Waals surface area (Å²) in [6.45, 7) is 3.40. The Morgan fingerprint density at radius 1 is 1.47 bits per heavy atom. The second-order valence-corrected chi connectivity index (χ2v) is 2.94. The van der Waals surface area contributed by atoms with E-state index in [2.05, 4.69) is 10.5 Å². The van der Waals surface area contributed by atoms with Crippen LogP contribution in [0.1, 0.15) is 13.8 Å². The molecule has 0 radical (unpaired) electrons. The number of amides is 1. The Labute approximate surface area is 88.9 Å². The van der Waals surface area contributed by atoms with Gasteiger partial charge in [-0.3, -0.25) is 4.79 Å². The van der Waals surface area contributed by atoms with Gasteiger partial charge in [-0.1, -0.05) is 18.2 Å². The summed E-state index contributed by atoms with van der Waals surface area (Å²) < 4.78 is 5.39. The fourth-order valence-corrected chi connectivity index (χ4v) is 0.976. The van der Waals surface area contributed by atoms with Crippen LogP contribution in [0.2, 0.25) is 0 Å². The van der Waals surface area contributed by atoms with E-state index in [1.807, 2.05) is 18.2 Å². The second kappa shape index (κ2) is 5.80. The Hall–Kier alpha value is -1.84. The first-order valence-electron chi connectivity index (χ1n) is 4.73. The maximum absolute atomic E-state index is 11.4. The van der Waals surface area contributed by atoms with E-state index in [0.717, 1.165) is 0 Å². The Morgan fingerprint density at radius 3 is 2.73 bits per heavy atom. The van der Waals surface area contributed by atoms with Crippen LogP contribution in [0.4, 0.5) is 0 Å². The van der Waals surface area contributed by atoms with E-state index >= 15 is 0 Å². The Bertz CT molecular complexity index is 336. The van der Waals surface area contributed by atoms with Crippen molar-refractivity contribution >= 4 is 12.1 Å². The standard InChI is InChI=1S/C11H14N2O2/c1-3-12-13-11(14)9(2)15-10-7-5-4-6-8-10/h3-9H,1-2H3,(H,13,14). The molecule has 0 spiro atoms. The van der Waals surface area contributed by atoms with Crippen LogP contribution in [0.5, 0.6) is 5.75 Å². The van der Waals surface area contributed by atoms with Crippen molar-refractivity contribution < 1.29 is 9.53 Å². The first kappa shape index (κ1) is 11.2. The summed E-state index contributed by atoms with van der Waals surface area (Å²) in [7, 11) is 0. The van der Waals surface area contributed by atoms with E-state index in [1.54, 1.807) is 26.0 Å². The number of para-hydroxylation sites is 1. The molecule has 0 aliphatic heterocycles. The van der Waals surface area contributed by atoms with Crippen molar-refractivity contribution in [2.75, 3.05) is 0 Å². The monoisotopic (exact) mass is 206 g/mol. The van der Waals surface area contributed by atoms with E-state index in [4.69, 9.17) is 4.74 Å². The Balaban J connectivity index is 2.48. The van der Waals surface area contributed by atoms with Crippen molar-refractivity contribution in [1.82, 2.24) is 5.43 Å². The number of hydrogen-bond acceptors (Lipinski definition) is 3. The number of carbonyl (C=O) groups is 1. The molecule has 0 aliphatic rings. The highest BCUT2D eigenvalue weighted by Crippen LogP contribution is 2.10. The molecule has 1 aromatic rings. The van der Waals surface area contributed by atoms with Gasteiger partial charge in [0.2, 0.25) is 0 Å². The van der Waals surface area contributed by atoms with Crippen LogP contribution in [-0.2, 0) is 4.79 Å². The van der Waals surface area contributed by atoms with Crippen LogP contribution < -0.4 is 10.2 Å². The highest BCUT2D eigenvalue weighted by molar-refractivity contribution is 5.81. The molecule has 1 unspecified atom stereocenters. The summed E-state index contributed by atoms with van der Waals surface area (Å²) in [5, 5.41) is 3.63. The number of benzene rings is 1. The van der Waals surface area contributed by atoms with Crippen molar-refractivity contribution in [2.45, 2.75) is 20.0 Å². The number of hydrogen-bond donors (Lipinski definition) is 1. The van der Waals surface area contributed by atoms with Gasteiger partial charge < -0.3 is 4.74 Å². The van der Waals surface area contributed by atoms with E-state index < -0.39 is 6.10 Å². The number of ether oxygens (including phenoxy) is 1. The predicted octanol–water partition coefficient (Wildman–Crippen LogP) is 1.58. The summed E-state index contributed by atoms with van der Waals surface area (Å²) in [4.78, 5) is 11.4. The molecule has 15 heavy (non-hydrogen) atoms. The van der Waals surface area contributed by atoms with Crippen LogP contribution in [0.25, 0.3) is 0 Å². The van der Waals surface area contributed by atoms with Crippen LogP contribution in [0.3, 0.4) is 0 Å². The minimum absolute atomic E-state index is 0.267. The highest BCUT2D eigenvalue weighted by Gasteiger charge is 2.13. The SMILES string of the molecule is CC=NNC(=O)C(C)Oc1ccccc1. The van der Waals surface area contributed by atoms with Crippen molar-refractivity contribution in [1.29, 1.82) is 0 Å². The summed E-state index contributed by atoms with van der Waals surface area (Å²) in [6, 6.07) is 9.19. The molecule has 1 atom stereocenters. The van der Waals surface area contributed by atoms with E-state index in [1.165, 1.54) is 6.21 Å².